The van der Waals surface area contributed by atoms with Gasteiger partial charge in [0.15, 0.2) is 5.84 Å². The fourth-order valence-electron chi connectivity index (χ4n) is 5.85. The van der Waals surface area contributed by atoms with Gasteiger partial charge in [0, 0.05) is 16.7 Å². The summed E-state index contributed by atoms with van der Waals surface area (Å²) < 4.78 is 0. The summed E-state index contributed by atoms with van der Waals surface area (Å²) in [6, 6.07) is 45.3. The van der Waals surface area contributed by atoms with Crippen LogP contribution in [0, 0.1) is 0 Å². The first-order valence-corrected chi connectivity index (χ1v) is 14.6. The van der Waals surface area contributed by atoms with Crippen LogP contribution < -0.4 is 9.91 Å². The quantitative estimate of drug-likeness (QED) is 0.206. The van der Waals surface area contributed by atoms with Gasteiger partial charge in [0.2, 0.25) is 0 Å². The lowest BCUT2D eigenvalue weighted by molar-refractivity contribution is 0.817. The van der Waals surface area contributed by atoms with E-state index in [-0.39, 0.29) is 0 Å². The third-order valence-corrected chi connectivity index (χ3v) is 7.85. The third kappa shape index (κ3) is 5.16. The number of benzene rings is 5. The maximum absolute atomic E-state index is 5.44. The van der Waals surface area contributed by atoms with Crippen molar-refractivity contribution in [2.24, 2.45) is 5.10 Å². The molecule has 41 heavy (non-hydrogen) atoms. The molecule has 0 spiro atoms. The number of para-hydroxylation sites is 2. The van der Waals surface area contributed by atoms with Crippen LogP contribution in [-0.2, 0) is 0 Å². The van der Waals surface area contributed by atoms with Gasteiger partial charge in [0.25, 0.3) is 0 Å². The van der Waals surface area contributed by atoms with E-state index in [1.165, 1.54) is 39.1 Å². The van der Waals surface area contributed by atoms with E-state index < -0.39 is 0 Å². The molecular weight excluding hydrogens is 498 g/mol. The largest absolute Gasteiger partial charge is 0.304 e. The van der Waals surface area contributed by atoms with Crippen LogP contribution in [0.25, 0.3) is 22.3 Å². The highest BCUT2D eigenvalue weighted by Crippen LogP contribution is 2.44. The minimum absolute atomic E-state index is 0.381. The number of nitrogens with zero attached hydrogens (tertiary/aromatic N) is 3. The Bertz CT molecular complexity index is 1570. The van der Waals surface area contributed by atoms with Crippen molar-refractivity contribution in [1.82, 2.24) is 0 Å². The lowest BCUT2D eigenvalue weighted by Gasteiger charge is -2.30. The number of hydrogen-bond donors (Lipinski definition) is 0. The van der Waals surface area contributed by atoms with Gasteiger partial charge in [0.05, 0.1) is 11.4 Å². The molecule has 0 bridgehead atoms. The molecule has 6 rings (SSSR count). The van der Waals surface area contributed by atoms with Gasteiger partial charge in [-0.3, -0.25) is 0 Å². The highest BCUT2D eigenvalue weighted by Gasteiger charge is 2.33. The molecule has 0 unspecified atom stereocenters. The summed E-state index contributed by atoms with van der Waals surface area (Å²) in [6.45, 7) is 9.77. The van der Waals surface area contributed by atoms with Crippen LogP contribution in [0.2, 0.25) is 0 Å². The molecule has 0 aromatic heterocycles. The molecule has 1 aliphatic rings. The van der Waals surface area contributed by atoms with Crippen molar-refractivity contribution in [3.63, 3.8) is 0 Å². The fourth-order valence-corrected chi connectivity index (χ4v) is 5.85. The maximum atomic E-state index is 5.44. The molecule has 0 N–H and O–H groups in total. The summed E-state index contributed by atoms with van der Waals surface area (Å²) in [5.41, 5.74) is 10.9. The fraction of sp³-hybridized carbons (Fsp3) is 0.184. The molecule has 0 fully saturated rings. The summed E-state index contributed by atoms with van der Waals surface area (Å²) in [5, 5.41) is 7.65. The van der Waals surface area contributed by atoms with Crippen molar-refractivity contribution in [2.45, 2.75) is 39.5 Å². The summed E-state index contributed by atoms with van der Waals surface area (Å²) in [4.78, 5) is 2.44. The molecule has 3 nitrogen and oxygen atoms in total. The molecular formula is C38H37N3. The number of rotatable bonds is 7. The van der Waals surface area contributed by atoms with Gasteiger partial charge < -0.3 is 4.90 Å². The molecule has 0 radical (unpaired) electrons. The second kappa shape index (κ2) is 11.5. The Kier molecular flexibility index (Phi) is 7.43. The average Bonchev–Trinajstić information content (AvgIpc) is 3.46. The molecule has 5 aromatic rings. The van der Waals surface area contributed by atoms with Crippen LogP contribution in [0.5, 0.6) is 0 Å². The van der Waals surface area contributed by atoms with Crippen LogP contribution in [0.3, 0.4) is 0 Å². The minimum atomic E-state index is 0.381. The summed E-state index contributed by atoms with van der Waals surface area (Å²) >= 11 is 0. The van der Waals surface area contributed by atoms with E-state index in [0.717, 1.165) is 17.1 Å². The third-order valence-electron chi connectivity index (χ3n) is 7.85. The molecule has 5 aromatic carbocycles. The van der Waals surface area contributed by atoms with E-state index in [2.05, 4.69) is 165 Å². The van der Waals surface area contributed by atoms with Crippen LogP contribution in [0.4, 0.5) is 11.4 Å². The van der Waals surface area contributed by atoms with Crippen molar-refractivity contribution < 1.29 is 0 Å². The molecule has 1 heterocycles. The van der Waals surface area contributed by atoms with Gasteiger partial charge >= 0.3 is 0 Å². The Labute approximate surface area is 244 Å². The van der Waals surface area contributed by atoms with E-state index in [4.69, 9.17) is 5.10 Å². The Morgan fingerprint density at radius 2 is 0.927 bits per heavy atom. The van der Waals surface area contributed by atoms with Gasteiger partial charge in [-0.05, 0) is 34.1 Å². The topological polar surface area (TPSA) is 18.8 Å². The molecule has 0 saturated carbocycles. The first-order valence-electron chi connectivity index (χ1n) is 14.6. The number of hydrogen-bond acceptors (Lipinski definition) is 3. The van der Waals surface area contributed by atoms with E-state index in [9.17, 15) is 0 Å². The van der Waals surface area contributed by atoms with Gasteiger partial charge in [0.1, 0.15) is 6.67 Å². The van der Waals surface area contributed by atoms with Crippen LogP contribution in [0.1, 0.15) is 56.2 Å². The standard InChI is InChI=1S/C38H37N3/c1-27(2)32-22-14-23-33(28(3)4)36(32)40-26-41(39-38(40)31-20-12-7-13-21-31)37-34(29-16-8-5-9-17-29)24-15-25-35(37)30-18-10-6-11-19-30/h5-25,27-28H,26H2,1-4H3. The molecule has 0 aliphatic carbocycles. The number of hydrazone groups is 1. The van der Waals surface area contributed by atoms with Crippen molar-refractivity contribution in [3.05, 3.63) is 144 Å². The Hall–Kier alpha value is -4.63. The van der Waals surface area contributed by atoms with E-state index in [1.54, 1.807) is 0 Å². The van der Waals surface area contributed by atoms with Crippen molar-refractivity contribution >= 4 is 17.2 Å². The first kappa shape index (κ1) is 26.6. The van der Waals surface area contributed by atoms with E-state index in [1.807, 2.05) is 0 Å². The summed E-state index contributed by atoms with van der Waals surface area (Å²) in [5.74, 6) is 1.74. The van der Waals surface area contributed by atoms with E-state index in [0.29, 0.717) is 18.5 Å². The highest BCUT2D eigenvalue weighted by atomic mass is 15.6. The predicted octanol–water partition coefficient (Wildman–Crippen LogP) is 9.91. The molecule has 3 heteroatoms. The summed E-state index contributed by atoms with van der Waals surface area (Å²) in [7, 11) is 0. The lowest BCUT2D eigenvalue weighted by atomic mass is 9.91. The zero-order chi connectivity index (χ0) is 28.3. The summed E-state index contributed by atoms with van der Waals surface area (Å²) in [6.07, 6.45) is 0. The van der Waals surface area contributed by atoms with E-state index >= 15 is 0 Å². The SMILES string of the molecule is CC(C)c1cccc(C(C)C)c1N1CN(c2c(-c3ccccc3)cccc2-c2ccccc2)N=C1c1ccccc1. The number of amidine groups is 1. The van der Waals surface area contributed by atoms with Gasteiger partial charge in [-0.2, -0.15) is 5.10 Å². The smallest absolute Gasteiger partial charge is 0.162 e. The molecule has 0 amide bonds. The molecule has 0 atom stereocenters. The lowest BCUT2D eigenvalue weighted by Crippen LogP contribution is -2.33. The normalized spacial score (nSPS) is 13.3. The van der Waals surface area contributed by atoms with Gasteiger partial charge in [-0.25, -0.2) is 5.01 Å². The molecule has 204 valence electrons. The second-order valence-electron chi connectivity index (χ2n) is 11.3. The van der Waals surface area contributed by atoms with Crippen molar-refractivity contribution in [2.75, 3.05) is 16.6 Å². The second-order valence-corrected chi connectivity index (χ2v) is 11.3. The average molecular weight is 536 g/mol. The predicted molar refractivity (Wildman–Crippen MR) is 175 cm³/mol. The first-order chi connectivity index (χ1) is 20.0. The highest BCUT2D eigenvalue weighted by molar-refractivity contribution is 6.13. The maximum Gasteiger partial charge on any atom is 0.162 e. The van der Waals surface area contributed by atoms with Gasteiger partial charge in [-0.15, -0.1) is 0 Å². The van der Waals surface area contributed by atoms with Crippen molar-refractivity contribution in [3.8, 4) is 22.3 Å². The van der Waals surface area contributed by atoms with Crippen LogP contribution in [-0.4, -0.2) is 12.5 Å². The zero-order valence-corrected chi connectivity index (χ0v) is 24.3. The molecule has 0 saturated heterocycles. The monoisotopic (exact) mass is 535 g/mol. The minimum Gasteiger partial charge on any atom is -0.304 e. The Balaban J connectivity index is 1.60. The molecule has 1 aliphatic heterocycles. The van der Waals surface area contributed by atoms with Gasteiger partial charge in [-0.1, -0.05) is 155 Å². The van der Waals surface area contributed by atoms with Crippen LogP contribution >= 0.6 is 0 Å². The Morgan fingerprint density at radius 3 is 1.39 bits per heavy atom. The van der Waals surface area contributed by atoms with Crippen LogP contribution in [0.15, 0.2) is 132 Å². The zero-order valence-electron chi connectivity index (χ0n) is 24.3. The van der Waals surface area contributed by atoms with Crippen molar-refractivity contribution in [1.29, 1.82) is 0 Å². The Morgan fingerprint density at radius 1 is 0.488 bits per heavy atom. The number of anilines is 2.